The molecule has 4 heteroatoms. The summed E-state index contributed by atoms with van der Waals surface area (Å²) in [6.07, 6.45) is 0. The highest BCUT2D eigenvalue weighted by molar-refractivity contribution is 6.07. The number of nitrogens with zero attached hydrogens (tertiary/aromatic N) is 4. The lowest BCUT2D eigenvalue weighted by atomic mass is 9.90. The van der Waals surface area contributed by atoms with E-state index in [-0.39, 0.29) is 0 Å². The summed E-state index contributed by atoms with van der Waals surface area (Å²) in [5.74, 6) is 1.93. The molecule has 0 saturated heterocycles. The molecule has 2 heterocycles. The predicted molar refractivity (Wildman–Crippen MR) is 174 cm³/mol. The minimum Gasteiger partial charge on any atom is -0.327 e. The van der Waals surface area contributed by atoms with Gasteiger partial charge >= 0.3 is 0 Å². The summed E-state index contributed by atoms with van der Waals surface area (Å²) in [5.41, 5.74) is 11.2. The van der Waals surface area contributed by atoms with E-state index in [0.29, 0.717) is 0 Å². The molecule has 4 nitrogen and oxygen atoms in total. The van der Waals surface area contributed by atoms with E-state index in [1.54, 1.807) is 0 Å². The first-order valence-corrected chi connectivity index (χ1v) is 14.2. The summed E-state index contributed by atoms with van der Waals surface area (Å²) in [5, 5.41) is 2.45. The van der Waals surface area contributed by atoms with Crippen LogP contribution in [-0.4, -0.2) is 19.1 Å². The number of hydrogen-bond donors (Lipinski definition) is 0. The highest BCUT2D eigenvalue weighted by atomic mass is 15.1. The van der Waals surface area contributed by atoms with E-state index in [4.69, 9.17) is 9.97 Å². The number of fused-ring (bicyclic) bond motifs is 3. The molecule has 8 rings (SSSR count). The van der Waals surface area contributed by atoms with Gasteiger partial charge in [-0.15, -0.1) is 0 Å². The molecule has 0 radical (unpaired) electrons. The molecule has 0 bridgehead atoms. The monoisotopic (exact) mass is 540 g/mol. The van der Waals surface area contributed by atoms with Crippen LogP contribution in [0.1, 0.15) is 0 Å². The number of benzene rings is 6. The van der Waals surface area contributed by atoms with Gasteiger partial charge in [-0.2, -0.15) is 0 Å². The zero-order chi connectivity index (χ0) is 28.2. The Bertz CT molecular complexity index is 2130. The first kappa shape index (κ1) is 24.3. The summed E-state index contributed by atoms with van der Waals surface area (Å²) in [6.45, 7) is 0. The van der Waals surface area contributed by atoms with Gasteiger partial charge in [0.15, 0.2) is 0 Å². The Morgan fingerprint density at radius 1 is 0.429 bits per heavy atom. The average Bonchev–Trinajstić information content (AvgIpc) is 3.57. The molecule has 0 aliphatic carbocycles. The van der Waals surface area contributed by atoms with E-state index in [9.17, 15) is 0 Å². The molecule has 0 amide bonds. The first-order valence-electron chi connectivity index (χ1n) is 14.2. The van der Waals surface area contributed by atoms with Crippen LogP contribution in [0.4, 0.5) is 0 Å². The average molecular weight is 541 g/mol. The normalized spacial score (nSPS) is 11.6. The lowest BCUT2D eigenvalue weighted by Gasteiger charge is -2.14. The van der Waals surface area contributed by atoms with Crippen molar-refractivity contribution in [2.24, 2.45) is 14.1 Å². The van der Waals surface area contributed by atoms with Crippen LogP contribution in [0.3, 0.4) is 0 Å². The van der Waals surface area contributed by atoms with Crippen LogP contribution in [-0.2, 0) is 14.1 Å². The molecule has 8 aromatic rings. The number of rotatable bonds is 4. The van der Waals surface area contributed by atoms with Gasteiger partial charge in [0.1, 0.15) is 11.6 Å². The Balaban J connectivity index is 1.29. The zero-order valence-electron chi connectivity index (χ0n) is 23.5. The quantitative estimate of drug-likeness (QED) is 0.223. The van der Waals surface area contributed by atoms with Gasteiger partial charge in [0.05, 0.1) is 22.1 Å². The maximum atomic E-state index is 4.96. The molecular formula is C38H28N4. The molecule has 0 saturated carbocycles. The highest BCUT2D eigenvalue weighted by Crippen LogP contribution is 2.39. The van der Waals surface area contributed by atoms with Gasteiger partial charge in [-0.1, -0.05) is 97.1 Å². The molecule has 0 aliphatic heterocycles. The fourth-order valence-electron chi connectivity index (χ4n) is 6.28. The third-order valence-corrected chi connectivity index (χ3v) is 8.34. The predicted octanol–water partition coefficient (Wildman–Crippen LogP) is 9.28. The Morgan fingerprint density at radius 2 is 0.857 bits per heavy atom. The van der Waals surface area contributed by atoms with E-state index < -0.39 is 0 Å². The summed E-state index contributed by atoms with van der Waals surface area (Å²) in [7, 11) is 4.18. The van der Waals surface area contributed by atoms with Gasteiger partial charge in [-0.3, -0.25) is 0 Å². The third-order valence-electron chi connectivity index (χ3n) is 8.34. The summed E-state index contributed by atoms with van der Waals surface area (Å²) in [6, 6.07) is 47.3. The van der Waals surface area contributed by atoms with Crippen molar-refractivity contribution in [3.8, 4) is 45.0 Å². The maximum absolute atomic E-state index is 4.96. The van der Waals surface area contributed by atoms with Crippen molar-refractivity contribution in [1.82, 2.24) is 19.1 Å². The lowest BCUT2D eigenvalue weighted by molar-refractivity contribution is 0.959. The number of aryl methyl sites for hydroxylation is 2. The van der Waals surface area contributed by atoms with Crippen LogP contribution in [0.2, 0.25) is 0 Å². The SMILES string of the molecule is Cn1c(-c2cccc(-c3cccc4cccc(-c5cccc(-c6nc7ccccc7n6C)c5)c34)c2)nc2ccccc21. The van der Waals surface area contributed by atoms with Gasteiger partial charge in [0.25, 0.3) is 0 Å². The third kappa shape index (κ3) is 3.84. The Labute approximate surface area is 244 Å². The standard InChI is InChI=1S/C38H28N4/c1-41-34-21-5-3-19-32(34)39-37(41)28-15-7-13-26(23-28)30-17-9-11-25-12-10-18-31(36(25)30)27-14-8-16-29(24-27)38-40-33-20-4-6-22-35(33)42(38)2/h3-24H,1-2H3. The zero-order valence-corrected chi connectivity index (χ0v) is 23.5. The van der Waals surface area contributed by atoms with Gasteiger partial charge in [-0.25, -0.2) is 9.97 Å². The van der Waals surface area contributed by atoms with Crippen molar-refractivity contribution in [3.05, 3.63) is 133 Å². The number of para-hydroxylation sites is 4. The maximum Gasteiger partial charge on any atom is 0.140 e. The van der Waals surface area contributed by atoms with Gasteiger partial charge in [-0.05, 0) is 69.4 Å². The van der Waals surface area contributed by atoms with E-state index in [0.717, 1.165) is 44.8 Å². The molecule has 6 aromatic carbocycles. The molecular weight excluding hydrogens is 512 g/mol. The minimum atomic E-state index is 0.966. The lowest BCUT2D eigenvalue weighted by Crippen LogP contribution is -1.94. The number of aromatic nitrogens is 4. The molecule has 0 fully saturated rings. The Hall–Kier alpha value is -5.48. The van der Waals surface area contributed by atoms with Crippen molar-refractivity contribution in [2.45, 2.75) is 0 Å². The van der Waals surface area contributed by atoms with Crippen molar-refractivity contribution < 1.29 is 0 Å². The second kappa shape index (κ2) is 9.57. The van der Waals surface area contributed by atoms with Crippen LogP contribution in [0.25, 0.3) is 77.9 Å². The van der Waals surface area contributed by atoms with Crippen molar-refractivity contribution in [3.63, 3.8) is 0 Å². The van der Waals surface area contributed by atoms with Crippen LogP contribution in [0.15, 0.2) is 133 Å². The molecule has 2 aromatic heterocycles. The first-order chi connectivity index (χ1) is 20.7. The molecule has 0 atom stereocenters. The fraction of sp³-hybridized carbons (Fsp3) is 0.0526. The summed E-state index contributed by atoms with van der Waals surface area (Å²) in [4.78, 5) is 9.92. The van der Waals surface area contributed by atoms with Crippen LogP contribution >= 0.6 is 0 Å². The second-order valence-corrected chi connectivity index (χ2v) is 10.8. The van der Waals surface area contributed by atoms with E-state index in [1.165, 1.54) is 33.0 Å². The minimum absolute atomic E-state index is 0.966. The molecule has 42 heavy (non-hydrogen) atoms. The topological polar surface area (TPSA) is 35.6 Å². The van der Waals surface area contributed by atoms with Crippen molar-refractivity contribution in [2.75, 3.05) is 0 Å². The van der Waals surface area contributed by atoms with Crippen LogP contribution < -0.4 is 0 Å². The van der Waals surface area contributed by atoms with E-state index in [1.807, 2.05) is 12.1 Å². The second-order valence-electron chi connectivity index (χ2n) is 10.8. The fourth-order valence-corrected chi connectivity index (χ4v) is 6.28. The van der Waals surface area contributed by atoms with Crippen LogP contribution in [0.5, 0.6) is 0 Å². The van der Waals surface area contributed by atoms with Gasteiger partial charge < -0.3 is 9.13 Å². The molecule has 0 unspecified atom stereocenters. The largest absolute Gasteiger partial charge is 0.327 e. The summed E-state index contributed by atoms with van der Waals surface area (Å²) < 4.78 is 4.35. The Kier molecular flexibility index (Phi) is 5.54. The summed E-state index contributed by atoms with van der Waals surface area (Å²) >= 11 is 0. The van der Waals surface area contributed by atoms with Crippen molar-refractivity contribution >= 4 is 32.8 Å². The highest BCUT2D eigenvalue weighted by Gasteiger charge is 2.15. The molecule has 200 valence electrons. The molecule has 0 N–H and O–H groups in total. The van der Waals surface area contributed by atoms with Crippen molar-refractivity contribution in [1.29, 1.82) is 0 Å². The van der Waals surface area contributed by atoms with E-state index >= 15 is 0 Å². The van der Waals surface area contributed by atoms with Crippen LogP contribution in [0, 0.1) is 0 Å². The smallest absolute Gasteiger partial charge is 0.140 e. The van der Waals surface area contributed by atoms with Gasteiger partial charge in [0.2, 0.25) is 0 Å². The van der Waals surface area contributed by atoms with E-state index in [2.05, 4.69) is 145 Å². The molecule has 0 spiro atoms. The number of imidazole rings is 2. The Morgan fingerprint density at radius 3 is 1.33 bits per heavy atom. The molecule has 0 aliphatic rings. The number of hydrogen-bond acceptors (Lipinski definition) is 2. The van der Waals surface area contributed by atoms with Gasteiger partial charge in [0, 0.05) is 25.2 Å².